The molecule has 0 nitrogen and oxygen atoms in total. The number of benzene rings is 4. The van der Waals surface area contributed by atoms with Gasteiger partial charge in [-0.1, -0.05) is 86.6 Å². The molecule has 0 aromatic heterocycles. The minimum atomic E-state index is 0.556. The molecule has 1 atom stereocenters. The second kappa shape index (κ2) is 6.37. The predicted octanol–water partition coefficient (Wildman–Crippen LogP) is 7.48. The van der Waals surface area contributed by atoms with Crippen molar-refractivity contribution in [3.63, 3.8) is 0 Å². The number of aryl methyl sites for hydroxylation is 1. The van der Waals surface area contributed by atoms with Crippen LogP contribution in [0.1, 0.15) is 37.3 Å². The third kappa shape index (κ3) is 2.53. The number of fused-ring (bicyclic) bond motifs is 3. The first kappa shape index (κ1) is 15.9. The van der Waals surface area contributed by atoms with Gasteiger partial charge in [-0.05, 0) is 63.1 Å². The second-order valence-electron chi connectivity index (χ2n) is 6.99. The fourth-order valence-electron chi connectivity index (χ4n) is 4.04. The van der Waals surface area contributed by atoms with Gasteiger partial charge < -0.3 is 0 Å². The third-order valence-electron chi connectivity index (χ3n) is 5.57. The normalized spacial score (nSPS) is 12.6. The predicted molar refractivity (Wildman–Crippen MR) is 110 cm³/mol. The lowest BCUT2D eigenvalue weighted by molar-refractivity contribution is 0.735. The Kier molecular flexibility index (Phi) is 4.05. The lowest BCUT2D eigenvalue weighted by Gasteiger charge is -2.20. The minimum Gasteiger partial charge on any atom is -0.0648 e. The van der Waals surface area contributed by atoms with Gasteiger partial charge in [0.25, 0.3) is 0 Å². The van der Waals surface area contributed by atoms with Gasteiger partial charge in [0.2, 0.25) is 0 Å². The van der Waals surface area contributed by atoms with Crippen LogP contribution in [0.15, 0.2) is 72.8 Å². The SMILES string of the molecule is CCC(C)c1ccccc1-c1c(C)c2ccccc2c2ccccc12. The van der Waals surface area contributed by atoms with E-state index in [1.165, 1.54) is 43.8 Å². The van der Waals surface area contributed by atoms with Crippen LogP contribution in [-0.2, 0) is 0 Å². The molecule has 0 spiro atoms. The van der Waals surface area contributed by atoms with Crippen molar-refractivity contribution in [1.29, 1.82) is 0 Å². The molecule has 0 heterocycles. The summed E-state index contributed by atoms with van der Waals surface area (Å²) in [6.45, 7) is 6.88. The molecule has 4 aromatic rings. The van der Waals surface area contributed by atoms with Crippen molar-refractivity contribution in [2.75, 3.05) is 0 Å². The molecule has 124 valence electrons. The maximum Gasteiger partial charge on any atom is -0.00668 e. The zero-order valence-electron chi connectivity index (χ0n) is 15.2. The van der Waals surface area contributed by atoms with Crippen molar-refractivity contribution in [1.82, 2.24) is 0 Å². The second-order valence-corrected chi connectivity index (χ2v) is 6.99. The Morgan fingerprint density at radius 2 is 1.20 bits per heavy atom. The van der Waals surface area contributed by atoms with Crippen molar-refractivity contribution in [3.05, 3.63) is 83.9 Å². The fraction of sp³-hybridized carbons (Fsp3) is 0.200. The van der Waals surface area contributed by atoms with E-state index in [2.05, 4.69) is 93.6 Å². The van der Waals surface area contributed by atoms with E-state index >= 15 is 0 Å². The van der Waals surface area contributed by atoms with E-state index in [-0.39, 0.29) is 0 Å². The lowest BCUT2D eigenvalue weighted by atomic mass is 9.84. The van der Waals surface area contributed by atoms with Crippen molar-refractivity contribution in [2.24, 2.45) is 0 Å². The molecule has 0 aliphatic rings. The summed E-state index contributed by atoms with van der Waals surface area (Å²) in [5.41, 5.74) is 5.61. The van der Waals surface area contributed by atoms with Gasteiger partial charge in [0.05, 0.1) is 0 Å². The summed E-state index contributed by atoms with van der Waals surface area (Å²) >= 11 is 0. The van der Waals surface area contributed by atoms with E-state index in [9.17, 15) is 0 Å². The highest BCUT2D eigenvalue weighted by molar-refractivity contribution is 6.15. The number of rotatable bonds is 3. The smallest absolute Gasteiger partial charge is 0.00668 e. The topological polar surface area (TPSA) is 0 Å². The molecule has 0 aliphatic carbocycles. The van der Waals surface area contributed by atoms with E-state index in [4.69, 9.17) is 0 Å². The Morgan fingerprint density at radius 3 is 1.88 bits per heavy atom. The molecule has 1 unspecified atom stereocenters. The summed E-state index contributed by atoms with van der Waals surface area (Å²) in [7, 11) is 0. The third-order valence-corrected chi connectivity index (χ3v) is 5.57. The summed E-state index contributed by atoms with van der Waals surface area (Å²) in [4.78, 5) is 0. The van der Waals surface area contributed by atoms with Crippen molar-refractivity contribution >= 4 is 21.5 Å². The Bertz CT molecular complexity index is 1060. The van der Waals surface area contributed by atoms with Crippen LogP contribution in [0.25, 0.3) is 32.7 Å². The molecule has 0 N–H and O–H groups in total. The van der Waals surface area contributed by atoms with E-state index in [0.29, 0.717) is 5.92 Å². The summed E-state index contributed by atoms with van der Waals surface area (Å²) < 4.78 is 0. The quantitative estimate of drug-likeness (QED) is 0.343. The van der Waals surface area contributed by atoms with Gasteiger partial charge in [0, 0.05) is 0 Å². The van der Waals surface area contributed by atoms with Crippen molar-refractivity contribution in [3.8, 4) is 11.1 Å². The summed E-state index contributed by atoms with van der Waals surface area (Å²) in [6.07, 6.45) is 1.15. The molecular weight excluding hydrogens is 300 g/mol. The van der Waals surface area contributed by atoms with E-state index in [1.54, 1.807) is 0 Å². The van der Waals surface area contributed by atoms with Gasteiger partial charge in [0.1, 0.15) is 0 Å². The van der Waals surface area contributed by atoms with Crippen molar-refractivity contribution in [2.45, 2.75) is 33.1 Å². The number of hydrogen-bond acceptors (Lipinski definition) is 0. The maximum atomic E-state index is 2.33. The van der Waals surface area contributed by atoms with Crippen LogP contribution in [-0.4, -0.2) is 0 Å². The van der Waals surface area contributed by atoms with Crippen LogP contribution >= 0.6 is 0 Å². The molecule has 0 heteroatoms. The summed E-state index contributed by atoms with van der Waals surface area (Å²) in [6, 6.07) is 26.6. The molecule has 0 amide bonds. The first-order valence-corrected chi connectivity index (χ1v) is 9.21. The Labute approximate surface area is 150 Å². The Balaban J connectivity index is 2.17. The minimum absolute atomic E-state index is 0.556. The largest absolute Gasteiger partial charge is 0.0648 e. The molecule has 0 radical (unpaired) electrons. The first-order chi connectivity index (χ1) is 12.2. The molecular formula is C25H24. The van der Waals surface area contributed by atoms with Gasteiger partial charge in [-0.3, -0.25) is 0 Å². The van der Waals surface area contributed by atoms with Crippen LogP contribution in [0, 0.1) is 6.92 Å². The van der Waals surface area contributed by atoms with Gasteiger partial charge >= 0.3 is 0 Å². The Hall–Kier alpha value is -2.60. The molecule has 4 rings (SSSR count). The standard InChI is InChI=1S/C25H24/c1-4-17(2)19-11-5-9-15-23(19)25-18(3)20-12-6-7-13-21(20)22-14-8-10-16-24(22)25/h5-17H,4H2,1-3H3. The van der Waals surface area contributed by atoms with Gasteiger partial charge in [-0.25, -0.2) is 0 Å². The van der Waals surface area contributed by atoms with Crippen LogP contribution in [0.5, 0.6) is 0 Å². The molecule has 0 fully saturated rings. The zero-order valence-corrected chi connectivity index (χ0v) is 15.2. The van der Waals surface area contributed by atoms with Crippen LogP contribution in [0.4, 0.5) is 0 Å². The average Bonchev–Trinajstić information content (AvgIpc) is 2.68. The van der Waals surface area contributed by atoms with Crippen molar-refractivity contribution < 1.29 is 0 Å². The first-order valence-electron chi connectivity index (χ1n) is 9.21. The monoisotopic (exact) mass is 324 g/mol. The zero-order chi connectivity index (χ0) is 17.4. The lowest BCUT2D eigenvalue weighted by Crippen LogP contribution is -1.98. The highest BCUT2D eigenvalue weighted by atomic mass is 14.2. The van der Waals surface area contributed by atoms with Crippen LogP contribution in [0.3, 0.4) is 0 Å². The van der Waals surface area contributed by atoms with Gasteiger partial charge in [0.15, 0.2) is 0 Å². The molecule has 0 bridgehead atoms. The van der Waals surface area contributed by atoms with Gasteiger partial charge in [-0.15, -0.1) is 0 Å². The molecule has 25 heavy (non-hydrogen) atoms. The van der Waals surface area contributed by atoms with E-state index in [0.717, 1.165) is 6.42 Å². The maximum absolute atomic E-state index is 2.33. The highest BCUT2D eigenvalue weighted by Crippen LogP contribution is 2.41. The van der Waals surface area contributed by atoms with Gasteiger partial charge in [-0.2, -0.15) is 0 Å². The fourth-order valence-corrected chi connectivity index (χ4v) is 4.04. The van der Waals surface area contributed by atoms with Crippen LogP contribution < -0.4 is 0 Å². The average molecular weight is 324 g/mol. The van der Waals surface area contributed by atoms with E-state index < -0.39 is 0 Å². The molecule has 0 saturated heterocycles. The molecule has 0 saturated carbocycles. The number of hydrogen-bond donors (Lipinski definition) is 0. The Morgan fingerprint density at radius 1 is 0.680 bits per heavy atom. The molecule has 0 aliphatic heterocycles. The summed E-state index contributed by atoms with van der Waals surface area (Å²) in [5.74, 6) is 0.556. The van der Waals surface area contributed by atoms with Crippen LogP contribution in [0.2, 0.25) is 0 Å². The summed E-state index contributed by atoms with van der Waals surface area (Å²) in [5, 5.41) is 5.41. The van der Waals surface area contributed by atoms with E-state index in [1.807, 2.05) is 0 Å². The highest BCUT2D eigenvalue weighted by Gasteiger charge is 2.17. The molecule has 4 aromatic carbocycles.